The molecule has 0 radical (unpaired) electrons. The summed E-state index contributed by atoms with van der Waals surface area (Å²) in [6.45, 7) is 1.91. The van der Waals surface area contributed by atoms with Gasteiger partial charge >= 0.3 is 0 Å². The molecule has 0 aliphatic rings. The Kier molecular flexibility index (Phi) is 3.57. The molecule has 0 unspecified atom stereocenters. The summed E-state index contributed by atoms with van der Waals surface area (Å²) in [7, 11) is 1.80. The summed E-state index contributed by atoms with van der Waals surface area (Å²) in [6, 6.07) is 11.1. The molecule has 0 fully saturated rings. The van der Waals surface area contributed by atoms with E-state index in [2.05, 4.69) is 15.6 Å². The number of benzene rings is 1. The second-order valence-corrected chi connectivity index (χ2v) is 3.95. The van der Waals surface area contributed by atoms with Gasteiger partial charge in [-0.25, -0.2) is 4.98 Å². The Morgan fingerprint density at radius 3 is 2.56 bits per heavy atom. The van der Waals surface area contributed by atoms with Crippen LogP contribution in [0.4, 0.5) is 11.5 Å². The van der Waals surface area contributed by atoms with E-state index in [0.29, 0.717) is 11.3 Å². The van der Waals surface area contributed by atoms with Crippen molar-refractivity contribution in [2.75, 3.05) is 17.7 Å². The van der Waals surface area contributed by atoms with Gasteiger partial charge in [0.1, 0.15) is 5.82 Å². The van der Waals surface area contributed by atoms with Gasteiger partial charge in [-0.1, -0.05) is 18.2 Å². The van der Waals surface area contributed by atoms with E-state index in [-0.39, 0.29) is 5.91 Å². The van der Waals surface area contributed by atoms with Crippen LogP contribution in [0.2, 0.25) is 0 Å². The zero-order chi connectivity index (χ0) is 13.0. The summed E-state index contributed by atoms with van der Waals surface area (Å²) in [5.41, 5.74) is 2.31. The molecule has 4 nitrogen and oxygen atoms in total. The topological polar surface area (TPSA) is 54.0 Å². The molecule has 1 heterocycles. The number of carbonyl (C=O) groups excluding carboxylic acids is 1. The Balaban J connectivity index is 2.14. The fourth-order valence-electron chi connectivity index (χ4n) is 1.64. The van der Waals surface area contributed by atoms with Crippen molar-refractivity contribution >= 4 is 17.4 Å². The molecule has 1 aromatic carbocycles. The van der Waals surface area contributed by atoms with Gasteiger partial charge in [-0.05, 0) is 30.7 Å². The predicted molar refractivity (Wildman–Crippen MR) is 72.9 cm³/mol. The Morgan fingerprint density at radius 1 is 1.17 bits per heavy atom. The minimum atomic E-state index is -0.118. The van der Waals surface area contributed by atoms with E-state index >= 15 is 0 Å². The minimum Gasteiger partial charge on any atom is -0.373 e. The zero-order valence-corrected chi connectivity index (χ0v) is 10.4. The average Bonchev–Trinajstić information content (AvgIpc) is 2.40. The summed E-state index contributed by atoms with van der Waals surface area (Å²) < 4.78 is 0. The third kappa shape index (κ3) is 2.66. The lowest BCUT2D eigenvalue weighted by atomic mass is 10.1. The average molecular weight is 241 g/mol. The SMILES string of the molecule is CNc1ccc(NC(=O)c2ccccc2C)cn1. The van der Waals surface area contributed by atoms with Gasteiger partial charge < -0.3 is 10.6 Å². The maximum Gasteiger partial charge on any atom is 0.255 e. The maximum absolute atomic E-state index is 12.0. The molecule has 18 heavy (non-hydrogen) atoms. The summed E-state index contributed by atoms with van der Waals surface area (Å²) in [5, 5.41) is 5.75. The van der Waals surface area contributed by atoms with Crippen LogP contribution in [0.3, 0.4) is 0 Å². The number of carbonyl (C=O) groups is 1. The van der Waals surface area contributed by atoms with E-state index in [4.69, 9.17) is 0 Å². The van der Waals surface area contributed by atoms with Crippen LogP contribution in [-0.2, 0) is 0 Å². The highest BCUT2D eigenvalue weighted by atomic mass is 16.1. The number of amides is 1. The number of pyridine rings is 1. The molecule has 2 rings (SSSR count). The normalized spacial score (nSPS) is 9.89. The zero-order valence-electron chi connectivity index (χ0n) is 10.4. The molecular formula is C14H15N3O. The predicted octanol–water partition coefficient (Wildman–Crippen LogP) is 2.68. The van der Waals surface area contributed by atoms with Crippen LogP contribution in [0.25, 0.3) is 0 Å². The molecule has 0 aliphatic heterocycles. The minimum absolute atomic E-state index is 0.118. The first-order chi connectivity index (χ1) is 8.70. The smallest absolute Gasteiger partial charge is 0.255 e. The van der Waals surface area contributed by atoms with E-state index in [9.17, 15) is 4.79 Å². The van der Waals surface area contributed by atoms with Crippen molar-refractivity contribution in [1.82, 2.24) is 4.98 Å². The van der Waals surface area contributed by atoms with Crippen molar-refractivity contribution in [3.8, 4) is 0 Å². The standard InChI is InChI=1S/C14H15N3O/c1-10-5-3-4-6-12(10)14(18)17-11-7-8-13(15-2)16-9-11/h3-9H,1-2H3,(H,15,16)(H,17,18). The van der Waals surface area contributed by atoms with Crippen LogP contribution in [0.5, 0.6) is 0 Å². The summed E-state index contributed by atoms with van der Waals surface area (Å²) >= 11 is 0. The number of anilines is 2. The second kappa shape index (κ2) is 5.31. The summed E-state index contributed by atoms with van der Waals surface area (Å²) in [4.78, 5) is 16.2. The van der Waals surface area contributed by atoms with Crippen LogP contribution < -0.4 is 10.6 Å². The highest BCUT2D eigenvalue weighted by Crippen LogP contribution is 2.13. The molecule has 1 amide bonds. The third-order valence-corrected chi connectivity index (χ3v) is 2.67. The lowest BCUT2D eigenvalue weighted by molar-refractivity contribution is 0.102. The van der Waals surface area contributed by atoms with Crippen LogP contribution in [0, 0.1) is 6.92 Å². The summed E-state index contributed by atoms with van der Waals surface area (Å²) in [5.74, 6) is 0.649. The lowest BCUT2D eigenvalue weighted by Gasteiger charge is -2.07. The van der Waals surface area contributed by atoms with Gasteiger partial charge in [-0.3, -0.25) is 4.79 Å². The van der Waals surface area contributed by atoms with Crippen molar-refractivity contribution in [2.45, 2.75) is 6.92 Å². The van der Waals surface area contributed by atoms with Crippen molar-refractivity contribution < 1.29 is 4.79 Å². The van der Waals surface area contributed by atoms with Gasteiger partial charge in [0, 0.05) is 12.6 Å². The molecule has 1 aromatic heterocycles. The van der Waals surface area contributed by atoms with E-state index < -0.39 is 0 Å². The largest absolute Gasteiger partial charge is 0.373 e. The number of nitrogens with one attached hydrogen (secondary N) is 2. The molecule has 0 aliphatic carbocycles. The molecule has 0 saturated heterocycles. The number of aryl methyl sites for hydroxylation is 1. The molecule has 2 aromatic rings. The lowest BCUT2D eigenvalue weighted by Crippen LogP contribution is -2.13. The van der Waals surface area contributed by atoms with Crippen LogP contribution in [0.1, 0.15) is 15.9 Å². The molecule has 2 N–H and O–H groups in total. The monoisotopic (exact) mass is 241 g/mol. The first-order valence-electron chi connectivity index (χ1n) is 5.71. The van der Waals surface area contributed by atoms with Crippen molar-refractivity contribution in [2.24, 2.45) is 0 Å². The second-order valence-electron chi connectivity index (χ2n) is 3.95. The van der Waals surface area contributed by atoms with Gasteiger partial charge in [0.15, 0.2) is 0 Å². The van der Waals surface area contributed by atoms with Crippen molar-refractivity contribution in [3.63, 3.8) is 0 Å². The van der Waals surface area contributed by atoms with Gasteiger partial charge in [0.2, 0.25) is 0 Å². The molecule has 0 bridgehead atoms. The molecule has 0 spiro atoms. The van der Waals surface area contributed by atoms with E-state index in [1.54, 1.807) is 19.3 Å². The number of hydrogen-bond acceptors (Lipinski definition) is 3. The van der Waals surface area contributed by atoms with Gasteiger partial charge in [0.25, 0.3) is 5.91 Å². The van der Waals surface area contributed by atoms with E-state index in [1.807, 2.05) is 37.3 Å². The molecular weight excluding hydrogens is 226 g/mol. The fraction of sp³-hybridized carbons (Fsp3) is 0.143. The number of rotatable bonds is 3. The highest BCUT2D eigenvalue weighted by molar-refractivity contribution is 6.05. The van der Waals surface area contributed by atoms with Crippen LogP contribution >= 0.6 is 0 Å². The molecule has 92 valence electrons. The molecule has 0 saturated carbocycles. The number of aromatic nitrogens is 1. The van der Waals surface area contributed by atoms with Crippen LogP contribution in [-0.4, -0.2) is 17.9 Å². The quantitative estimate of drug-likeness (QED) is 0.868. The van der Waals surface area contributed by atoms with Gasteiger partial charge in [0.05, 0.1) is 11.9 Å². The Hall–Kier alpha value is -2.36. The number of hydrogen-bond donors (Lipinski definition) is 2. The third-order valence-electron chi connectivity index (χ3n) is 2.67. The Morgan fingerprint density at radius 2 is 1.94 bits per heavy atom. The van der Waals surface area contributed by atoms with Gasteiger partial charge in [-0.15, -0.1) is 0 Å². The van der Waals surface area contributed by atoms with Crippen LogP contribution in [0.15, 0.2) is 42.6 Å². The van der Waals surface area contributed by atoms with E-state index in [0.717, 1.165) is 11.4 Å². The van der Waals surface area contributed by atoms with Crippen molar-refractivity contribution in [1.29, 1.82) is 0 Å². The maximum atomic E-state index is 12.0. The highest BCUT2D eigenvalue weighted by Gasteiger charge is 2.08. The number of nitrogens with zero attached hydrogens (tertiary/aromatic N) is 1. The molecule has 4 heteroatoms. The van der Waals surface area contributed by atoms with Crippen molar-refractivity contribution in [3.05, 3.63) is 53.7 Å². The fourth-order valence-corrected chi connectivity index (χ4v) is 1.64. The van der Waals surface area contributed by atoms with Gasteiger partial charge in [-0.2, -0.15) is 0 Å². The molecule has 0 atom stereocenters. The Bertz CT molecular complexity index is 549. The first-order valence-corrected chi connectivity index (χ1v) is 5.71. The van der Waals surface area contributed by atoms with E-state index in [1.165, 1.54) is 0 Å². The summed E-state index contributed by atoms with van der Waals surface area (Å²) in [6.07, 6.45) is 1.63. The first kappa shape index (κ1) is 12.1. The Labute approximate surface area is 106 Å².